The van der Waals surface area contributed by atoms with Crippen LogP contribution in [0.3, 0.4) is 0 Å². The summed E-state index contributed by atoms with van der Waals surface area (Å²) in [6.07, 6.45) is 1.50. The highest BCUT2D eigenvalue weighted by Crippen LogP contribution is 2.30. The predicted molar refractivity (Wildman–Crippen MR) is 68.4 cm³/mol. The number of aromatic nitrogens is 1. The molecule has 0 amide bonds. The number of hydrogen-bond acceptors (Lipinski definition) is 3. The standard InChI is InChI=1S/C13H9ClFN3/c1-18(11-4-2-3-10(15)7-11)13-12(14)9(8-16)5-6-17-13/h2-7H,1H3. The molecule has 0 aliphatic rings. The van der Waals surface area contributed by atoms with E-state index in [1.807, 2.05) is 6.07 Å². The molecule has 18 heavy (non-hydrogen) atoms. The van der Waals surface area contributed by atoms with Crippen molar-refractivity contribution in [2.24, 2.45) is 0 Å². The Morgan fingerprint density at radius 2 is 2.17 bits per heavy atom. The second-order valence-corrected chi connectivity index (χ2v) is 4.02. The van der Waals surface area contributed by atoms with Crippen LogP contribution in [0.5, 0.6) is 0 Å². The minimum atomic E-state index is -0.341. The second kappa shape index (κ2) is 5.03. The highest BCUT2D eigenvalue weighted by Gasteiger charge is 2.13. The average Bonchev–Trinajstić information content (AvgIpc) is 2.38. The molecule has 2 rings (SSSR count). The lowest BCUT2D eigenvalue weighted by Crippen LogP contribution is -2.12. The van der Waals surface area contributed by atoms with Crippen molar-refractivity contribution in [2.45, 2.75) is 0 Å². The Morgan fingerprint density at radius 1 is 1.39 bits per heavy atom. The van der Waals surface area contributed by atoms with E-state index in [0.717, 1.165) is 0 Å². The molecule has 2 aromatic rings. The SMILES string of the molecule is CN(c1cccc(F)c1)c1nccc(C#N)c1Cl. The molecule has 0 N–H and O–H groups in total. The van der Waals surface area contributed by atoms with Gasteiger partial charge in [0.2, 0.25) is 0 Å². The first-order valence-electron chi connectivity index (χ1n) is 5.17. The summed E-state index contributed by atoms with van der Waals surface area (Å²) in [6.45, 7) is 0. The van der Waals surface area contributed by atoms with Gasteiger partial charge in [-0.15, -0.1) is 0 Å². The van der Waals surface area contributed by atoms with Crippen molar-refractivity contribution < 1.29 is 4.39 Å². The van der Waals surface area contributed by atoms with Gasteiger partial charge >= 0.3 is 0 Å². The van der Waals surface area contributed by atoms with Gasteiger partial charge in [-0.1, -0.05) is 17.7 Å². The topological polar surface area (TPSA) is 39.9 Å². The normalized spacial score (nSPS) is 9.89. The van der Waals surface area contributed by atoms with Gasteiger partial charge in [0, 0.05) is 18.9 Å². The maximum atomic E-state index is 13.2. The lowest BCUT2D eigenvalue weighted by Gasteiger charge is -2.19. The van der Waals surface area contributed by atoms with E-state index >= 15 is 0 Å². The summed E-state index contributed by atoms with van der Waals surface area (Å²) < 4.78 is 13.2. The Labute approximate surface area is 109 Å². The molecular weight excluding hydrogens is 253 g/mol. The molecule has 0 fully saturated rings. The molecule has 0 spiro atoms. The van der Waals surface area contributed by atoms with Gasteiger partial charge in [-0.25, -0.2) is 9.37 Å². The molecule has 0 saturated heterocycles. The third-order valence-electron chi connectivity index (χ3n) is 2.50. The van der Waals surface area contributed by atoms with E-state index in [9.17, 15) is 4.39 Å². The van der Waals surface area contributed by atoms with Gasteiger partial charge < -0.3 is 4.90 Å². The first-order valence-corrected chi connectivity index (χ1v) is 5.55. The second-order valence-electron chi connectivity index (χ2n) is 3.65. The molecule has 0 radical (unpaired) electrons. The van der Waals surface area contributed by atoms with E-state index in [1.54, 1.807) is 24.1 Å². The molecule has 0 bridgehead atoms. The van der Waals surface area contributed by atoms with E-state index in [4.69, 9.17) is 16.9 Å². The van der Waals surface area contributed by atoms with Crippen molar-refractivity contribution in [1.29, 1.82) is 5.26 Å². The van der Waals surface area contributed by atoms with Gasteiger partial charge in [-0.05, 0) is 24.3 Å². The quantitative estimate of drug-likeness (QED) is 0.830. The fourth-order valence-electron chi connectivity index (χ4n) is 1.56. The van der Waals surface area contributed by atoms with Crippen molar-refractivity contribution in [1.82, 2.24) is 4.98 Å². The highest BCUT2D eigenvalue weighted by molar-refractivity contribution is 6.34. The molecule has 0 unspecified atom stereocenters. The number of nitrogens with zero attached hydrogens (tertiary/aromatic N) is 3. The Bertz CT molecular complexity index is 622. The number of anilines is 2. The summed E-state index contributed by atoms with van der Waals surface area (Å²) in [6, 6.07) is 9.58. The summed E-state index contributed by atoms with van der Waals surface area (Å²) in [5, 5.41) is 9.15. The number of nitriles is 1. The molecule has 0 atom stereocenters. The third kappa shape index (κ3) is 2.27. The molecule has 3 nitrogen and oxygen atoms in total. The molecule has 1 aromatic carbocycles. The summed E-state index contributed by atoms with van der Waals surface area (Å²) in [7, 11) is 1.71. The Morgan fingerprint density at radius 3 is 2.83 bits per heavy atom. The van der Waals surface area contributed by atoms with E-state index in [-0.39, 0.29) is 10.8 Å². The van der Waals surface area contributed by atoms with Gasteiger partial charge in [-0.2, -0.15) is 5.26 Å². The summed E-state index contributed by atoms with van der Waals surface area (Å²) >= 11 is 6.07. The smallest absolute Gasteiger partial charge is 0.152 e. The van der Waals surface area contributed by atoms with E-state index in [2.05, 4.69) is 4.98 Å². The van der Waals surface area contributed by atoms with E-state index in [1.165, 1.54) is 24.4 Å². The molecule has 1 aromatic heterocycles. The average molecular weight is 262 g/mol. The lowest BCUT2D eigenvalue weighted by atomic mass is 10.2. The highest BCUT2D eigenvalue weighted by atomic mass is 35.5. The molecule has 90 valence electrons. The molecule has 1 heterocycles. The molecule has 0 saturated carbocycles. The zero-order valence-electron chi connectivity index (χ0n) is 9.56. The zero-order chi connectivity index (χ0) is 13.1. The van der Waals surface area contributed by atoms with Gasteiger partial charge in [0.1, 0.15) is 16.9 Å². The minimum absolute atomic E-state index is 0.256. The fourth-order valence-corrected chi connectivity index (χ4v) is 1.84. The maximum Gasteiger partial charge on any atom is 0.152 e. The van der Waals surface area contributed by atoms with Crippen molar-refractivity contribution in [2.75, 3.05) is 11.9 Å². The van der Waals surface area contributed by atoms with Gasteiger partial charge in [0.15, 0.2) is 5.82 Å². The van der Waals surface area contributed by atoms with Crippen molar-refractivity contribution >= 4 is 23.1 Å². The number of hydrogen-bond donors (Lipinski definition) is 0. The van der Waals surface area contributed by atoms with Gasteiger partial charge in [0.05, 0.1) is 5.56 Å². The molecule has 0 aliphatic heterocycles. The maximum absolute atomic E-state index is 13.2. The van der Waals surface area contributed by atoms with Crippen molar-refractivity contribution in [3.8, 4) is 6.07 Å². The van der Waals surface area contributed by atoms with Gasteiger partial charge in [0.25, 0.3) is 0 Å². The lowest BCUT2D eigenvalue weighted by molar-refractivity contribution is 0.628. The fraction of sp³-hybridized carbons (Fsp3) is 0.0769. The summed E-state index contributed by atoms with van der Waals surface area (Å²) in [5.41, 5.74) is 0.949. The van der Waals surface area contributed by atoms with Crippen LogP contribution in [0.1, 0.15) is 5.56 Å². The molecular formula is C13H9ClFN3. The number of benzene rings is 1. The van der Waals surface area contributed by atoms with Crippen LogP contribution in [0.25, 0.3) is 0 Å². The number of halogens is 2. The first kappa shape index (κ1) is 12.3. The first-order chi connectivity index (χ1) is 8.63. The summed E-state index contributed by atoms with van der Waals surface area (Å²) in [5.74, 6) is 0.0771. The van der Waals surface area contributed by atoms with Crippen LogP contribution in [0, 0.1) is 17.1 Å². The summed E-state index contributed by atoms with van der Waals surface area (Å²) in [4.78, 5) is 5.74. The van der Waals surface area contributed by atoms with Crippen LogP contribution in [-0.2, 0) is 0 Å². The Balaban J connectivity index is 2.47. The van der Waals surface area contributed by atoms with Crippen LogP contribution in [0.2, 0.25) is 5.02 Å². The van der Waals surface area contributed by atoms with E-state index in [0.29, 0.717) is 17.1 Å². The Kier molecular flexibility index (Phi) is 3.45. The van der Waals surface area contributed by atoms with Crippen LogP contribution in [0.4, 0.5) is 15.9 Å². The van der Waals surface area contributed by atoms with E-state index < -0.39 is 0 Å². The van der Waals surface area contributed by atoms with Crippen LogP contribution < -0.4 is 4.90 Å². The van der Waals surface area contributed by atoms with Crippen molar-refractivity contribution in [3.63, 3.8) is 0 Å². The zero-order valence-corrected chi connectivity index (χ0v) is 10.3. The molecule has 0 aliphatic carbocycles. The Hall–Kier alpha value is -2.12. The largest absolute Gasteiger partial charge is 0.328 e. The molecule has 5 heteroatoms. The minimum Gasteiger partial charge on any atom is -0.328 e. The van der Waals surface area contributed by atoms with Crippen LogP contribution in [0.15, 0.2) is 36.5 Å². The van der Waals surface area contributed by atoms with Crippen LogP contribution in [-0.4, -0.2) is 12.0 Å². The van der Waals surface area contributed by atoms with Crippen molar-refractivity contribution in [3.05, 3.63) is 52.9 Å². The number of pyridine rings is 1. The van der Waals surface area contributed by atoms with Crippen LogP contribution >= 0.6 is 11.6 Å². The van der Waals surface area contributed by atoms with Gasteiger partial charge in [-0.3, -0.25) is 0 Å². The monoisotopic (exact) mass is 261 g/mol. The third-order valence-corrected chi connectivity index (χ3v) is 2.88. The number of rotatable bonds is 2. The predicted octanol–water partition coefficient (Wildman–Crippen LogP) is 3.51.